The van der Waals surface area contributed by atoms with Gasteiger partial charge in [0.05, 0.1) is 11.6 Å². The van der Waals surface area contributed by atoms with E-state index >= 15 is 0 Å². The third-order valence-electron chi connectivity index (χ3n) is 4.59. The van der Waals surface area contributed by atoms with Crippen LogP contribution in [-0.2, 0) is 23.9 Å². The summed E-state index contributed by atoms with van der Waals surface area (Å²) in [5.74, 6) is -0.236. The summed E-state index contributed by atoms with van der Waals surface area (Å²) in [6.45, 7) is 0.124. The quantitative estimate of drug-likeness (QED) is 0.754. The number of nitrogens with zero attached hydrogens (tertiary/aromatic N) is 2. The molecule has 0 N–H and O–H groups in total. The van der Waals surface area contributed by atoms with Gasteiger partial charge in [-0.25, -0.2) is 4.79 Å². The Labute approximate surface area is 155 Å². The van der Waals surface area contributed by atoms with Crippen LogP contribution in [0, 0.1) is 0 Å². The Morgan fingerprint density at radius 2 is 1.70 bits per heavy atom. The van der Waals surface area contributed by atoms with Gasteiger partial charge in [-0.2, -0.15) is 13.2 Å². The van der Waals surface area contributed by atoms with Crippen molar-refractivity contribution >= 4 is 11.9 Å². The number of halogens is 3. The van der Waals surface area contributed by atoms with Gasteiger partial charge in [-0.15, -0.1) is 0 Å². The molecule has 0 spiro atoms. The molecule has 0 unspecified atom stereocenters. The summed E-state index contributed by atoms with van der Waals surface area (Å²) in [5.41, 5.74) is 0.866. The lowest BCUT2D eigenvalue weighted by Crippen LogP contribution is -2.59. The number of amides is 3. The molecule has 0 saturated carbocycles. The van der Waals surface area contributed by atoms with Crippen LogP contribution in [0.2, 0.25) is 0 Å². The van der Waals surface area contributed by atoms with Gasteiger partial charge in [-0.1, -0.05) is 42.5 Å². The number of urea groups is 1. The summed E-state index contributed by atoms with van der Waals surface area (Å²) in [4.78, 5) is 27.1. The van der Waals surface area contributed by atoms with Gasteiger partial charge in [-0.3, -0.25) is 9.69 Å². The molecular formula is C20H19F3N2O2. The molecule has 4 nitrogen and oxygen atoms in total. The van der Waals surface area contributed by atoms with Crippen molar-refractivity contribution in [1.29, 1.82) is 0 Å². The van der Waals surface area contributed by atoms with Crippen LogP contribution < -0.4 is 0 Å². The van der Waals surface area contributed by atoms with Gasteiger partial charge in [0.1, 0.15) is 0 Å². The highest BCUT2D eigenvalue weighted by atomic mass is 19.4. The first-order valence-electron chi connectivity index (χ1n) is 8.53. The number of alkyl halides is 3. The van der Waals surface area contributed by atoms with E-state index in [0.717, 1.165) is 17.7 Å². The number of benzene rings is 2. The van der Waals surface area contributed by atoms with Crippen molar-refractivity contribution in [2.24, 2.45) is 0 Å². The smallest absolute Gasteiger partial charge is 0.323 e. The van der Waals surface area contributed by atoms with E-state index in [2.05, 4.69) is 0 Å². The van der Waals surface area contributed by atoms with E-state index in [9.17, 15) is 22.8 Å². The fourth-order valence-corrected chi connectivity index (χ4v) is 3.12. The largest absolute Gasteiger partial charge is 0.416 e. The van der Waals surface area contributed by atoms with Crippen molar-refractivity contribution in [3.8, 4) is 0 Å². The number of hydrogen-bond donors (Lipinski definition) is 0. The average molecular weight is 376 g/mol. The molecule has 1 atom stereocenters. The van der Waals surface area contributed by atoms with Crippen LogP contribution in [0.15, 0.2) is 54.6 Å². The monoisotopic (exact) mass is 376 g/mol. The normalized spacial score (nSPS) is 16.8. The molecular weight excluding hydrogens is 357 g/mol. The molecule has 1 aliphatic rings. The van der Waals surface area contributed by atoms with E-state index in [1.165, 1.54) is 29.0 Å². The van der Waals surface area contributed by atoms with E-state index in [-0.39, 0.29) is 18.5 Å². The van der Waals surface area contributed by atoms with Gasteiger partial charge >= 0.3 is 12.2 Å². The van der Waals surface area contributed by atoms with Crippen LogP contribution in [0.3, 0.4) is 0 Å². The lowest BCUT2D eigenvalue weighted by Gasteiger charge is -2.40. The molecule has 3 amide bonds. The van der Waals surface area contributed by atoms with Crippen molar-refractivity contribution in [2.75, 3.05) is 7.05 Å². The van der Waals surface area contributed by atoms with E-state index < -0.39 is 17.8 Å². The van der Waals surface area contributed by atoms with E-state index in [1.807, 2.05) is 30.3 Å². The average Bonchev–Trinajstić information content (AvgIpc) is 2.61. The molecule has 0 aromatic heterocycles. The minimum Gasteiger partial charge on any atom is -0.323 e. The zero-order valence-electron chi connectivity index (χ0n) is 14.7. The fourth-order valence-electron chi connectivity index (χ4n) is 3.12. The Balaban J connectivity index is 1.63. The van der Waals surface area contributed by atoms with Gasteiger partial charge in [-0.05, 0) is 29.7 Å². The second kappa shape index (κ2) is 7.42. The van der Waals surface area contributed by atoms with Gasteiger partial charge in [0.25, 0.3) is 0 Å². The number of imide groups is 1. The minimum absolute atomic E-state index is 0.124. The molecule has 1 heterocycles. The van der Waals surface area contributed by atoms with Gasteiger partial charge in [0.15, 0.2) is 0 Å². The highest BCUT2D eigenvalue weighted by molar-refractivity contribution is 5.99. The lowest BCUT2D eigenvalue weighted by atomic mass is 9.95. The molecule has 1 aliphatic heterocycles. The Bertz CT molecular complexity index is 819. The summed E-state index contributed by atoms with van der Waals surface area (Å²) in [6.07, 6.45) is -3.49. The molecule has 0 radical (unpaired) electrons. The first-order valence-corrected chi connectivity index (χ1v) is 8.53. The molecule has 7 heteroatoms. The second-order valence-electron chi connectivity index (χ2n) is 6.64. The van der Waals surface area contributed by atoms with Gasteiger partial charge in [0.2, 0.25) is 5.91 Å². The maximum Gasteiger partial charge on any atom is 0.416 e. The molecule has 1 saturated heterocycles. The zero-order valence-corrected chi connectivity index (χ0v) is 14.7. The molecule has 2 aromatic carbocycles. The summed E-state index contributed by atoms with van der Waals surface area (Å²) >= 11 is 0. The van der Waals surface area contributed by atoms with Crippen molar-refractivity contribution < 1.29 is 22.8 Å². The Kier molecular flexibility index (Phi) is 5.21. The fraction of sp³-hybridized carbons (Fsp3) is 0.300. The first kappa shape index (κ1) is 18.9. The predicted molar refractivity (Wildman–Crippen MR) is 93.7 cm³/mol. The van der Waals surface area contributed by atoms with Crippen molar-refractivity contribution in [2.45, 2.75) is 31.6 Å². The molecule has 2 aromatic rings. The predicted octanol–water partition coefficient (Wildman–Crippen LogP) is 4.10. The van der Waals surface area contributed by atoms with Crippen LogP contribution in [0.1, 0.15) is 23.1 Å². The minimum atomic E-state index is -4.39. The van der Waals surface area contributed by atoms with E-state index in [0.29, 0.717) is 18.4 Å². The zero-order chi connectivity index (χ0) is 19.6. The Morgan fingerprint density at radius 1 is 1.07 bits per heavy atom. The number of β-lactam (4-membered cyclic amide) rings is 1. The molecule has 142 valence electrons. The SMILES string of the molecule is CN(Cc1ccc(C(F)(F)F)cc1)C(=O)N1C(=O)C[C@H]1Cc1ccccc1. The summed E-state index contributed by atoms with van der Waals surface area (Å²) in [5, 5.41) is 0. The topological polar surface area (TPSA) is 40.6 Å². The van der Waals surface area contributed by atoms with E-state index in [4.69, 9.17) is 0 Å². The van der Waals surface area contributed by atoms with Crippen LogP contribution in [0.25, 0.3) is 0 Å². The lowest BCUT2D eigenvalue weighted by molar-refractivity contribution is -0.141. The van der Waals surface area contributed by atoms with Crippen LogP contribution in [-0.4, -0.2) is 34.8 Å². The highest BCUT2D eigenvalue weighted by Crippen LogP contribution is 2.29. The van der Waals surface area contributed by atoms with Crippen molar-refractivity contribution in [3.63, 3.8) is 0 Å². The van der Waals surface area contributed by atoms with Crippen molar-refractivity contribution in [1.82, 2.24) is 9.80 Å². The first-order chi connectivity index (χ1) is 12.8. The number of carbonyl (C=O) groups is 2. The number of rotatable bonds is 4. The van der Waals surface area contributed by atoms with E-state index in [1.54, 1.807) is 0 Å². The third-order valence-corrected chi connectivity index (χ3v) is 4.59. The maximum absolute atomic E-state index is 12.6. The third kappa shape index (κ3) is 4.30. The number of hydrogen-bond acceptors (Lipinski definition) is 2. The van der Waals surface area contributed by atoms with Gasteiger partial charge in [0, 0.05) is 20.0 Å². The molecule has 0 aliphatic carbocycles. The number of likely N-dealkylation sites (tertiary alicyclic amines) is 1. The van der Waals surface area contributed by atoms with Crippen LogP contribution in [0.5, 0.6) is 0 Å². The standard InChI is InChI=1S/C20H19F3N2O2/c1-24(13-15-7-9-16(10-8-15)20(21,22)23)19(27)25-17(12-18(25)26)11-14-5-3-2-4-6-14/h2-10,17H,11-13H2,1H3/t17-/m1/s1. The Morgan fingerprint density at radius 3 is 2.26 bits per heavy atom. The van der Waals surface area contributed by atoms with Gasteiger partial charge < -0.3 is 4.90 Å². The van der Waals surface area contributed by atoms with Crippen LogP contribution in [0.4, 0.5) is 18.0 Å². The van der Waals surface area contributed by atoms with Crippen LogP contribution >= 0.6 is 0 Å². The summed E-state index contributed by atoms with van der Waals surface area (Å²) in [6, 6.07) is 13.6. The Hall–Kier alpha value is -2.83. The highest BCUT2D eigenvalue weighted by Gasteiger charge is 2.41. The van der Waals surface area contributed by atoms with Crippen molar-refractivity contribution in [3.05, 3.63) is 71.3 Å². The molecule has 3 rings (SSSR count). The summed E-state index contributed by atoms with van der Waals surface area (Å²) in [7, 11) is 1.53. The molecule has 27 heavy (non-hydrogen) atoms. The molecule has 1 fully saturated rings. The summed E-state index contributed by atoms with van der Waals surface area (Å²) < 4.78 is 37.9. The second-order valence-corrected chi connectivity index (χ2v) is 6.64. The maximum atomic E-state index is 12.6. The molecule has 0 bridgehead atoms. The number of carbonyl (C=O) groups excluding carboxylic acids is 2.